The van der Waals surface area contributed by atoms with Crippen LogP contribution in [0.15, 0.2) is 29.3 Å². The van der Waals surface area contributed by atoms with Gasteiger partial charge in [-0.05, 0) is 63.0 Å². The van der Waals surface area contributed by atoms with Gasteiger partial charge in [-0.25, -0.2) is 0 Å². The summed E-state index contributed by atoms with van der Waals surface area (Å²) < 4.78 is 2.23. The SMILES string of the molecule is Cc1nnc2n1-c1sc3c(c1C(c1ccccc1Cl)=NC21CC1)C[C@H](C(=O)N1CC2CC1C2)C3. The Hall–Kier alpha value is -2.51. The standard InChI is InChI=1S/C26H24ClN5OS/c1-13-29-30-25-26(6-7-26)28-22(17-4-2-3-5-19(17)27)21-18-10-15(11-20(18)34-24(21)32(13)25)23(33)31-12-14-8-16(31)9-14/h2-5,14-16H,6-12H2,1H3/t14?,15-,16?/m0/s1. The number of fused-ring (bicyclic) bond motifs is 7. The lowest BCUT2D eigenvalue weighted by atomic mass is 9.86. The minimum atomic E-state index is -0.328. The van der Waals surface area contributed by atoms with Gasteiger partial charge in [0.05, 0.1) is 5.71 Å². The summed E-state index contributed by atoms with van der Waals surface area (Å²) in [7, 11) is 0. The molecule has 6 nitrogen and oxygen atoms in total. The maximum Gasteiger partial charge on any atom is 0.226 e. The van der Waals surface area contributed by atoms with Gasteiger partial charge in [0.15, 0.2) is 5.82 Å². The number of carbonyl (C=O) groups is 1. The summed E-state index contributed by atoms with van der Waals surface area (Å²) in [6.45, 7) is 2.98. The maximum absolute atomic E-state index is 13.5. The third-order valence-electron chi connectivity index (χ3n) is 8.55. The van der Waals surface area contributed by atoms with E-state index in [0.717, 1.165) is 71.6 Å². The zero-order valence-corrected chi connectivity index (χ0v) is 20.5. The molecule has 0 N–H and O–H groups in total. The number of halogens is 1. The smallest absolute Gasteiger partial charge is 0.226 e. The van der Waals surface area contributed by atoms with Gasteiger partial charge in [0.25, 0.3) is 0 Å². The van der Waals surface area contributed by atoms with Crippen LogP contribution in [-0.2, 0) is 23.2 Å². The zero-order chi connectivity index (χ0) is 22.8. The summed E-state index contributed by atoms with van der Waals surface area (Å²) >= 11 is 8.53. The Morgan fingerprint density at radius 1 is 1.18 bits per heavy atom. The molecule has 2 saturated carbocycles. The van der Waals surface area contributed by atoms with Gasteiger partial charge in [0, 0.05) is 39.5 Å². The van der Waals surface area contributed by atoms with Crippen LogP contribution >= 0.6 is 22.9 Å². The monoisotopic (exact) mass is 489 g/mol. The van der Waals surface area contributed by atoms with Gasteiger partial charge in [-0.2, -0.15) is 0 Å². The minimum absolute atomic E-state index is 0.0398. The Balaban J connectivity index is 1.29. The van der Waals surface area contributed by atoms with Crippen LogP contribution < -0.4 is 0 Å². The molecular weight excluding hydrogens is 466 g/mol. The molecule has 3 aromatic rings. The first-order valence-corrected chi connectivity index (χ1v) is 13.4. The number of carbonyl (C=O) groups excluding carboxylic acids is 1. The molecule has 2 saturated heterocycles. The quantitative estimate of drug-likeness (QED) is 0.533. The molecule has 8 heteroatoms. The molecule has 1 amide bonds. The number of hydrogen-bond donors (Lipinski definition) is 0. The highest BCUT2D eigenvalue weighted by Gasteiger charge is 2.53. The van der Waals surface area contributed by atoms with Crippen LogP contribution in [0.25, 0.3) is 5.00 Å². The van der Waals surface area contributed by atoms with Crippen LogP contribution in [0.2, 0.25) is 5.02 Å². The summed E-state index contributed by atoms with van der Waals surface area (Å²) in [4.78, 5) is 22.3. The van der Waals surface area contributed by atoms with Crippen molar-refractivity contribution in [2.45, 2.75) is 57.0 Å². The van der Waals surface area contributed by atoms with Gasteiger partial charge in [0.1, 0.15) is 16.4 Å². The summed E-state index contributed by atoms with van der Waals surface area (Å²) in [5, 5.41) is 10.9. The van der Waals surface area contributed by atoms with Crippen LogP contribution in [0.1, 0.15) is 58.9 Å². The van der Waals surface area contributed by atoms with Gasteiger partial charge in [0.2, 0.25) is 5.91 Å². The number of aliphatic imine (C=N–C) groups is 1. The van der Waals surface area contributed by atoms with E-state index in [2.05, 4.69) is 25.7 Å². The molecule has 4 fully saturated rings. The predicted molar refractivity (Wildman–Crippen MR) is 131 cm³/mol. The van der Waals surface area contributed by atoms with E-state index in [-0.39, 0.29) is 11.5 Å². The maximum atomic E-state index is 13.5. The molecule has 1 atom stereocenters. The van der Waals surface area contributed by atoms with E-state index in [4.69, 9.17) is 16.6 Å². The fourth-order valence-corrected chi connectivity index (χ4v) is 8.25. The average molecular weight is 490 g/mol. The van der Waals surface area contributed by atoms with Crippen molar-refractivity contribution in [2.75, 3.05) is 6.54 Å². The van der Waals surface area contributed by atoms with Gasteiger partial charge < -0.3 is 4.90 Å². The first-order valence-electron chi connectivity index (χ1n) is 12.3. The Labute approximate surface area is 206 Å². The fraction of sp³-hybridized carbons (Fsp3) is 0.462. The fourth-order valence-electron chi connectivity index (χ4n) is 6.56. The highest BCUT2D eigenvalue weighted by Crippen LogP contribution is 2.54. The molecule has 3 aliphatic heterocycles. The first kappa shape index (κ1) is 19.8. The third kappa shape index (κ3) is 2.52. The van der Waals surface area contributed by atoms with Crippen LogP contribution in [0.3, 0.4) is 0 Å². The van der Waals surface area contributed by atoms with E-state index in [1.165, 1.54) is 23.3 Å². The van der Waals surface area contributed by atoms with E-state index in [1.54, 1.807) is 11.3 Å². The van der Waals surface area contributed by atoms with E-state index < -0.39 is 0 Å². The number of hydrogen-bond acceptors (Lipinski definition) is 5. The number of thiophene rings is 1. The van der Waals surface area contributed by atoms with Crippen molar-refractivity contribution in [3.05, 3.63) is 62.5 Å². The van der Waals surface area contributed by atoms with Crippen LogP contribution in [0, 0.1) is 18.8 Å². The van der Waals surface area contributed by atoms with E-state index in [9.17, 15) is 4.79 Å². The normalized spacial score (nSPS) is 27.1. The third-order valence-corrected chi connectivity index (χ3v) is 10.1. The molecule has 2 bridgehead atoms. The van der Waals surface area contributed by atoms with Crippen molar-refractivity contribution in [3.8, 4) is 5.00 Å². The van der Waals surface area contributed by atoms with Crippen molar-refractivity contribution in [2.24, 2.45) is 16.8 Å². The second-order valence-electron chi connectivity index (χ2n) is 10.6. The lowest BCUT2D eigenvalue weighted by Crippen LogP contribution is -2.38. The van der Waals surface area contributed by atoms with E-state index >= 15 is 0 Å². The number of amides is 1. The molecule has 1 aromatic carbocycles. The van der Waals surface area contributed by atoms with Crippen molar-refractivity contribution >= 4 is 34.6 Å². The average Bonchev–Trinajstić information content (AvgIpc) is 3.27. The van der Waals surface area contributed by atoms with E-state index in [1.807, 2.05) is 25.1 Å². The summed E-state index contributed by atoms with van der Waals surface area (Å²) in [6, 6.07) is 8.49. The molecule has 2 aromatic heterocycles. The molecule has 6 aliphatic rings. The number of aromatic nitrogens is 3. The Morgan fingerprint density at radius 3 is 2.74 bits per heavy atom. The molecule has 9 rings (SSSR count). The topological polar surface area (TPSA) is 63.4 Å². The second-order valence-corrected chi connectivity index (χ2v) is 12.1. The predicted octanol–water partition coefficient (Wildman–Crippen LogP) is 4.47. The summed E-state index contributed by atoms with van der Waals surface area (Å²) in [5.74, 6) is 2.97. The van der Waals surface area contributed by atoms with Crippen molar-refractivity contribution in [1.82, 2.24) is 19.7 Å². The lowest BCUT2D eigenvalue weighted by molar-refractivity contribution is -0.135. The van der Waals surface area contributed by atoms with Gasteiger partial charge in [-0.15, -0.1) is 21.5 Å². The summed E-state index contributed by atoms with van der Waals surface area (Å²) in [6.07, 6.45) is 5.94. The van der Waals surface area contributed by atoms with Crippen LogP contribution in [0.5, 0.6) is 0 Å². The molecule has 34 heavy (non-hydrogen) atoms. The van der Waals surface area contributed by atoms with Crippen molar-refractivity contribution in [3.63, 3.8) is 0 Å². The number of rotatable bonds is 2. The van der Waals surface area contributed by atoms with Crippen molar-refractivity contribution in [1.29, 1.82) is 0 Å². The Morgan fingerprint density at radius 2 is 2.00 bits per heavy atom. The van der Waals surface area contributed by atoms with Gasteiger partial charge in [-0.3, -0.25) is 14.4 Å². The number of aryl methyl sites for hydroxylation is 1. The molecule has 172 valence electrons. The Bertz CT molecular complexity index is 1430. The highest BCUT2D eigenvalue weighted by atomic mass is 35.5. The zero-order valence-electron chi connectivity index (χ0n) is 18.9. The lowest BCUT2D eigenvalue weighted by Gasteiger charge is -2.27. The largest absolute Gasteiger partial charge is 0.339 e. The number of nitrogens with zero attached hydrogens (tertiary/aromatic N) is 5. The molecule has 0 unspecified atom stereocenters. The summed E-state index contributed by atoms with van der Waals surface area (Å²) in [5.41, 5.74) is 4.01. The molecule has 5 heterocycles. The van der Waals surface area contributed by atoms with Crippen LogP contribution in [-0.4, -0.2) is 43.9 Å². The Kier molecular flexibility index (Phi) is 3.82. The van der Waals surface area contributed by atoms with Gasteiger partial charge in [-0.1, -0.05) is 29.8 Å². The van der Waals surface area contributed by atoms with Crippen LogP contribution in [0.4, 0.5) is 0 Å². The molecule has 0 radical (unpaired) electrons. The molecule has 1 spiro atoms. The first-order chi connectivity index (χ1) is 16.5. The second kappa shape index (κ2) is 6.58. The van der Waals surface area contributed by atoms with Crippen molar-refractivity contribution < 1.29 is 4.79 Å². The van der Waals surface area contributed by atoms with E-state index in [0.29, 0.717) is 17.0 Å². The minimum Gasteiger partial charge on any atom is -0.339 e. The number of benzene rings is 1. The molecule has 3 aliphatic carbocycles. The molecular formula is C26H24ClN5OS. The van der Waals surface area contributed by atoms with Gasteiger partial charge >= 0.3 is 0 Å². The highest BCUT2D eigenvalue weighted by molar-refractivity contribution is 7.15.